The van der Waals surface area contributed by atoms with Crippen molar-refractivity contribution in [2.75, 3.05) is 0 Å². The van der Waals surface area contributed by atoms with Crippen molar-refractivity contribution in [2.24, 2.45) is 5.73 Å². The van der Waals surface area contributed by atoms with Crippen LogP contribution < -0.4 is 5.73 Å². The standard InChI is InChI=1S/C11H11N3.C2HF3O2/c12-7-9-3-1-2-4-10(9)11-8-13-5-6-14-11;3-2(4,5)1(6)7/h1-6,8H,7,12H2;(H,6,7). The Morgan fingerprint density at radius 1 is 1.24 bits per heavy atom. The molecule has 3 N–H and O–H groups in total. The summed E-state index contributed by atoms with van der Waals surface area (Å²) in [5, 5.41) is 7.12. The zero-order chi connectivity index (χ0) is 15.9. The molecule has 0 amide bonds. The predicted octanol–water partition coefficient (Wildman–Crippen LogP) is 2.24. The summed E-state index contributed by atoms with van der Waals surface area (Å²) in [6.45, 7) is 0.521. The van der Waals surface area contributed by atoms with Crippen LogP contribution in [0.15, 0.2) is 42.9 Å². The average molecular weight is 299 g/mol. The van der Waals surface area contributed by atoms with Crippen molar-refractivity contribution in [3.63, 3.8) is 0 Å². The molecule has 2 aromatic rings. The van der Waals surface area contributed by atoms with Crippen molar-refractivity contribution >= 4 is 5.97 Å². The van der Waals surface area contributed by atoms with E-state index >= 15 is 0 Å². The quantitative estimate of drug-likeness (QED) is 0.887. The molecule has 0 bridgehead atoms. The summed E-state index contributed by atoms with van der Waals surface area (Å²) >= 11 is 0. The predicted molar refractivity (Wildman–Crippen MR) is 69.1 cm³/mol. The molecule has 0 aliphatic heterocycles. The van der Waals surface area contributed by atoms with Crippen LogP contribution in [-0.4, -0.2) is 27.2 Å². The second-order valence-corrected chi connectivity index (χ2v) is 3.75. The minimum Gasteiger partial charge on any atom is -0.475 e. The first kappa shape index (κ1) is 16.6. The summed E-state index contributed by atoms with van der Waals surface area (Å²) < 4.78 is 31.7. The van der Waals surface area contributed by atoms with Gasteiger partial charge in [-0.25, -0.2) is 4.79 Å². The van der Waals surface area contributed by atoms with E-state index in [4.69, 9.17) is 15.6 Å². The molecule has 2 rings (SSSR count). The molecule has 0 radical (unpaired) electrons. The van der Waals surface area contributed by atoms with Gasteiger partial charge in [-0.05, 0) is 5.56 Å². The number of benzene rings is 1. The highest BCUT2D eigenvalue weighted by atomic mass is 19.4. The van der Waals surface area contributed by atoms with E-state index in [1.165, 1.54) is 0 Å². The van der Waals surface area contributed by atoms with Crippen LogP contribution in [0.4, 0.5) is 13.2 Å². The zero-order valence-electron chi connectivity index (χ0n) is 10.7. The fourth-order valence-electron chi connectivity index (χ4n) is 1.39. The number of carbonyl (C=O) groups is 1. The third-order valence-electron chi connectivity index (χ3n) is 2.32. The van der Waals surface area contributed by atoms with Crippen LogP contribution in [0.5, 0.6) is 0 Å². The van der Waals surface area contributed by atoms with Crippen molar-refractivity contribution in [3.05, 3.63) is 48.4 Å². The molecule has 0 aliphatic rings. The van der Waals surface area contributed by atoms with Gasteiger partial charge in [0.25, 0.3) is 0 Å². The van der Waals surface area contributed by atoms with E-state index in [0.717, 1.165) is 16.8 Å². The van der Waals surface area contributed by atoms with Gasteiger partial charge in [0.1, 0.15) is 0 Å². The van der Waals surface area contributed by atoms with E-state index in [1.54, 1.807) is 18.6 Å². The normalized spacial score (nSPS) is 10.5. The lowest BCUT2D eigenvalue weighted by atomic mass is 10.1. The highest BCUT2D eigenvalue weighted by Crippen LogP contribution is 2.19. The van der Waals surface area contributed by atoms with Crippen LogP contribution in [-0.2, 0) is 11.3 Å². The molecule has 1 aromatic carbocycles. The number of hydrogen-bond donors (Lipinski definition) is 2. The summed E-state index contributed by atoms with van der Waals surface area (Å²) in [5.41, 5.74) is 8.66. The third-order valence-corrected chi connectivity index (χ3v) is 2.32. The summed E-state index contributed by atoms with van der Waals surface area (Å²) in [6.07, 6.45) is 0.00564. The number of nitrogens with zero attached hydrogens (tertiary/aromatic N) is 2. The van der Waals surface area contributed by atoms with Crippen LogP contribution in [0.2, 0.25) is 0 Å². The van der Waals surface area contributed by atoms with Gasteiger partial charge in [-0.1, -0.05) is 24.3 Å². The number of nitrogens with two attached hydrogens (primary N) is 1. The van der Waals surface area contributed by atoms with Crippen LogP contribution in [0.3, 0.4) is 0 Å². The number of hydrogen-bond acceptors (Lipinski definition) is 4. The van der Waals surface area contributed by atoms with Gasteiger partial charge in [-0.3, -0.25) is 9.97 Å². The molecule has 8 heteroatoms. The van der Waals surface area contributed by atoms with Gasteiger partial charge in [0.2, 0.25) is 0 Å². The Bertz CT molecular complexity index is 589. The number of carboxylic acids is 1. The third kappa shape index (κ3) is 5.19. The number of aliphatic carboxylic acids is 1. The fourth-order valence-corrected chi connectivity index (χ4v) is 1.39. The van der Waals surface area contributed by atoms with Crippen LogP contribution in [0.25, 0.3) is 11.3 Å². The van der Waals surface area contributed by atoms with Crippen molar-refractivity contribution in [2.45, 2.75) is 12.7 Å². The lowest BCUT2D eigenvalue weighted by molar-refractivity contribution is -0.192. The second-order valence-electron chi connectivity index (χ2n) is 3.75. The molecule has 0 saturated heterocycles. The van der Waals surface area contributed by atoms with Gasteiger partial charge >= 0.3 is 12.1 Å². The van der Waals surface area contributed by atoms with Gasteiger partial charge in [-0.15, -0.1) is 0 Å². The number of carboxylic acid groups (broad SMARTS) is 1. The molecule has 5 nitrogen and oxygen atoms in total. The fraction of sp³-hybridized carbons (Fsp3) is 0.154. The summed E-state index contributed by atoms with van der Waals surface area (Å²) in [7, 11) is 0. The zero-order valence-corrected chi connectivity index (χ0v) is 10.7. The van der Waals surface area contributed by atoms with Crippen LogP contribution in [0.1, 0.15) is 5.56 Å². The van der Waals surface area contributed by atoms with Crippen LogP contribution in [0, 0.1) is 0 Å². The Morgan fingerprint density at radius 3 is 2.33 bits per heavy atom. The van der Waals surface area contributed by atoms with Crippen LogP contribution >= 0.6 is 0 Å². The summed E-state index contributed by atoms with van der Waals surface area (Å²) in [5.74, 6) is -2.76. The molecule has 1 aromatic heterocycles. The minimum absolute atomic E-state index is 0.521. The topological polar surface area (TPSA) is 89.1 Å². The van der Waals surface area contributed by atoms with E-state index in [0.29, 0.717) is 6.54 Å². The van der Waals surface area contributed by atoms with Gasteiger partial charge in [0, 0.05) is 24.5 Å². The first-order chi connectivity index (χ1) is 9.86. The molecule has 0 unspecified atom stereocenters. The Kier molecular flexibility index (Phi) is 5.79. The lowest BCUT2D eigenvalue weighted by Crippen LogP contribution is -2.21. The highest BCUT2D eigenvalue weighted by Gasteiger charge is 2.38. The summed E-state index contributed by atoms with van der Waals surface area (Å²) in [6, 6.07) is 7.96. The molecule has 0 saturated carbocycles. The first-order valence-electron chi connectivity index (χ1n) is 5.70. The van der Waals surface area contributed by atoms with Crippen molar-refractivity contribution in [1.29, 1.82) is 0 Å². The Morgan fingerprint density at radius 2 is 1.86 bits per heavy atom. The van der Waals surface area contributed by atoms with E-state index in [2.05, 4.69) is 9.97 Å². The van der Waals surface area contributed by atoms with Gasteiger partial charge in [0.05, 0.1) is 11.9 Å². The largest absolute Gasteiger partial charge is 0.490 e. The van der Waals surface area contributed by atoms with Gasteiger partial charge < -0.3 is 10.8 Å². The highest BCUT2D eigenvalue weighted by molar-refractivity contribution is 5.73. The van der Waals surface area contributed by atoms with E-state index in [1.807, 2.05) is 24.3 Å². The van der Waals surface area contributed by atoms with Crippen molar-refractivity contribution in [3.8, 4) is 11.3 Å². The van der Waals surface area contributed by atoms with E-state index in [-0.39, 0.29) is 0 Å². The first-order valence-corrected chi connectivity index (χ1v) is 5.70. The molecule has 1 heterocycles. The molecule has 112 valence electrons. The minimum atomic E-state index is -5.08. The maximum Gasteiger partial charge on any atom is 0.490 e. The van der Waals surface area contributed by atoms with Gasteiger partial charge in [0.15, 0.2) is 0 Å². The van der Waals surface area contributed by atoms with Crippen molar-refractivity contribution in [1.82, 2.24) is 9.97 Å². The van der Waals surface area contributed by atoms with E-state index in [9.17, 15) is 13.2 Å². The second kappa shape index (κ2) is 7.34. The van der Waals surface area contributed by atoms with Crippen molar-refractivity contribution < 1.29 is 23.1 Å². The molecular weight excluding hydrogens is 287 g/mol. The molecule has 0 fully saturated rings. The number of halogens is 3. The van der Waals surface area contributed by atoms with E-state index < -0.39 is 12.1 Å². The Labute approximate surface area is 118 Å². The Balaban J connectivity index is 0.000000270. The number of aromatic nitrogens is 2. The summed E-state index contributed by atoms with van der Waals surface area (Å²) in [4.78, 5) is 17.2. The monoisotopic (exact) mass is 299 g/mol. The molecular formula is C13H12F3N3O2. The molecule has 0 atom stereocenters. The lowest BCUT2D eigenvalue weighted by Gasteiger charge is -2.05. The maximum atomic E-state index is 10.6. The Hall–Kier alpha value is -2.48. The molecule has 0 spiro atoms. The SMILES string of the molecule is NCc1ccccc1-c1cnccn1.O=C(O)C(F)(F)F. The number of rotatable bonds is 2. The molecule has 21 heavy (non-hydrogen) atoms. The molecule has 0 aliphatic carbocycles. The smallest absolute Gasteiger partial charge is 0.475 e. The maximum absolute atomic E-state index is 10.6. The number of alkyl halides is 3. The average Bonchev–Trinajstić information content (AvgIpc) is 2.48. The van der Waals surface area contributed by atoms with Gasteiger partial charge in [-0.2, -0.15) is 13.2 Å².